The third-order valence-electron chi connectivity index (χ3n) is 12.8. The van der Waals surface area contributed by atoms with E-state index in [1.807, 2.05) is 0 Å². The van der Waals surface area contributed by atoms with Crippen LogP contribution in [-0.2, 0) is 10.8 Å². The highest BCUT2D eigenvalue weighted by molar-refractivity contribution is 6.18. The van der Waals surface area contributed by atoms with Crippen molar-refractivity contribution in [1.29, 1.82) is 0 Å². The van der Waals surface area contributed by atoms with E-state index in [1.54, 1.807) is 0 Å². The summed E-state index contributed by atoms with van der Waals surface area (Å²) in [6, 6.07) is 69.4. The van der Waals surface area contributed by atoms with Crippen LogP contribution in [-0.4, -0.2) is 13.7 Å². The maximum atomic E-state index is 2.47. The molecule has 11 rings (SSSR count). The van der Waals surface area contributed by atoms with E-state index in [0.29, 0.717) is 0 Å². The Morgan fingerprint density at radius 1 is 0.339 bits per heavy atom. The Morgan fingerprint density at radius 2 is 0.887 bits per heavy atom. The summed E-state index contributed by atoms with van der Waals surface area (Å²) in [4.78, 5) is 2.43. The minimum absolute atomic E-state index is 0.0381. The lowest BCUT2D eigenvalue weighted by atomic mass is 9.87. The largest absolute Gasteiger partial charge is 0.316 e. The number of hydrogen-bond acceptors (Lipinski definition) is 1. The molecule has 3 heterocycles. The molecule has 0 aliphatic heterocycles. The topological polar surface area (TPSA) is 18.0 Å². The summed E-state index contributed by atoms with van der Waals surface area (Å²) in [5.74, 6) is 0. The molecule has 8 aromatic carbocycles. The summed E-state index contributed by atoms with van der Waals surface area (Å²) in [6.07, 6.45) is 2.20. The van der Waals surface area contributed by atoms with Gasteiger partial charge >= 0.3 is 0 Å². The maximum absolute atomic E-state index is 2.47. The second-order valence-electron chi connectivity index (χ2n) is 18.8. The van der Waals surface area contributed by atoms with Gasteiger partial charge in [0.2, 0.25) is 0 Å². The van der Waals surface area contributed by atoms with Crippen LogP contribution in [0.15, 0.2) is 194 Å². The molecule has 302 valence electrons. The number of anilines is 3. The van der Waals surface area contributed by atoms with E-state index in [4.69, 9.17) is 0 Å². The monoisotopic (exact) mass is 802 g/mol. The molecule has 0 aliphatic carbocycles. The number of rotatable bonds is 6. The Morgan fingerprint density at radius 3 is 1.58 bits per heavy atom. The fraction of sp³-hybridized carbons (Fsp3) is 0.138. The molecule has 0 spiro atoms. The average Bonchev–Trinajstić information content (AvgIpc) is 3.97. The van der Waals surface area contributed by atoms with Crippen LogP contribution in [0.2, 0.25) is 0 Å². The van der Waals surface area contributed by atoms with E-state index < -0.39 is 0 Å². The molecular formula is C58H50N4. The van der Waals surface area contributed by atoms with Gasteiger partial charge in [-0.1, -0.05) is 133 Å². The summed E-state index contributed by atoms with van der Waals surface area (Å²) in [5.41, 5.74) is 15.5. The molecule has 0 aliphatic rings. The van der Waals surface area contributed by atoms with Gasteiger partial charge in [-0.05, 0) is 119 Å². The summed E-state index contributed by atoms with van der Waals surface area (Å²) in [6.45, 7) is 13.6. The van der Waals surface area contributed by atoms with Gasteiger partial charge in [0.15, 0.2) is 0 Å². The number of aromatic nitrogens is 3. The molecule has 0 saturated carbocycles. The first kappa shape index (κ1) is 37.7. The molecule has 11 aromatic rings. The predicted molar refractivity (Wildman–Crippen MR) is 264 cm³/mol. The van der Waals surface area contributed by atoms with E-state index in [-0.39, 0.29) is 10.8 Å². The van der Waals surface area contributed by atoms with Crippen LogP contribution in [0, 0.1) is 0 Å². The quantitative estimate of drug-likeness (QED) is 0.164. The van der Waals surface area contributed by atoms with Crippen LogP contribution in [0.3, 0.4) is 0 Å². The molecule has 0 saturated heterocycles. The fourth-order valence-electron chi connectivity index (χ4n) is 9.58. The highest BCUT2D eigenvalue weighted by Crippen LogP contribution is 2.43. The zero-order chi connectivity index (χ0) is 42.3. The van der Waals surface area contributed by atoms with Crippen molar-refractivity contribution in [1.82, 2.24) is 13.7 Å². The van der Waals surface area contributed by atoms with Gasteiger partial charge in [-0.15, -0.1) is 0 Å². The second-order valence-corrected chi connectivity index (χ2v) is 18.8. The molecule has 3 aromatic heterocycles. The van der Waals surface area contributed by atoms with Crippen LogP contribution < -0.4 is 4.90 Å². The number of para-hydroxylation sites is 3. The smallest absolute Gasteiger partial charge is 0.0635 e. The van der Waals surface area contributed by atoms with Gasteiger partial charge < -0.3 is 18.6 Å². The Labute approximate surface area is 363 Å². The SMILES string of the molecule is CC(C)(C)c1ccc(N(c2cccc(-n3c4ccccc4c4ccc5c(ccn5-c5ccccc5)c43)c2)c2ccc3c(c2)c2ccccc2n3-c2ccc(C(C)(C)C)cc2)cc1. The van der Waals surface area contributed by atoms with Crippen molar-refractivity contribution in [3.05, 3.63) is 205 Å². The molecule has 0 radical (unpaired) electrons. The highest BCUT2D eigenvalue weighted by Gasteiger charge is 2.22. The van der Waals surface area contributed by atoms with E-state index in [9.17, 15) is 0 Å². The van der Waals surface area contributed by atoms with Gasteiger partial charge in [0.1, 0.15) is 0 Å². The van der Waals surface area contributed by atoms with Crippen LogP contribution in [0.25, 0.3) is 71.6 Å². The minimum atomic E-state index is 0.0381. The number of benzene rings is 8. The molecule has 4 nitrogen and oxygen atoms in total. The lowest BCUT2D eigenvalue weighted by Gasteiger charge is -2.27. The molecule has 0 N–H and O–H groups in total. The molecule has 4 heteroatoms. The van der Waals surface area contributed by atoms with Crippen molar-refractivity contribution in [3.63, 3.8) is 0 Å². The molecule has 0 bridgehead atoms. The Kier molecular flexibility index (Phi) is 8.59. The number of nitrogens with zero attached hydrogens (tertiary/aromatic N) is 4. The van der Waals surface area contributed by atoms with Crippen LogP contribution in [0.5, 0.6) is 0 Å². The Hall–Kier alpha value is -7.30. The van der Waals surface area contributed by atoms with Gasteiger partial charge in [0, 0.05) is 67.3 Å². The molecule has 0 unspecified atom stereocenters. The van der Waals surface area contributed by atoms with Crippen molar-refractivity contribution >= 4 is 71.6 Å². The average molecular weight is 803 g/mol. The van der Waals surface area contributed by atoms with Crippen molar-refractivity contribution < 1.29 is 0 Å². The van der Waals surface area contributed by atoms with E-state index in [0.717, 1.165) is 28.4 Å². The molecule has 62 heavy (non-hydrogen) atoms. The zero-order valence-corrected chi connectivity index (χ0v) is 36.3. The molecule has 0 fully saturated rings. The van der Waals surface area contributed by atoms with Gasteiger partial charge in [-0.25, -0.2) is 0 Å². The molecule has 0 atom stereocenters. The molecule has 0 amide bonds. The standard InChI is InChI=1S/C58H50N4/c1-57(2,3)39-23-27-42(28-24-39)60(46-31-33-55-51(38-46)48-20-11-12-21-53(48)61(55)43-29-25-40(26-30-43)58(4,5)6)44-17-14-18-45(37-44)62-54-22-13-10-19-47(54)49-32-34-52-50(56(49)62)35-36-59(52)41-15-8-7-9-16-41/h7-38H,1-6H3. The number of fused-ring (bicyclic) bond motifs is 8. The second kappa shape index (κ2) is 14.1. The third kappa shape index (κ3) is 6.12. The van der Waals surface area contributed by atoms with Crippen molar-refractivity contribution in [3.8, 4) is 17.1 Å². The third-order valence-corrected chi connectivity index (χ3v) is 12.8. The van der Waals surface area contributed by atoms with Crippen molar-refractivity contribution in [2.24, 2.45) is 0 Å². The normalized spacial score (nSPS) is 12.4. The van der Waals surface area contributed by atoms with Gasteiger partial charge in [-0.2, -0.15) is 0 Å². The highest BCUT2D eigenvalue weighted by atomic mass is 15.1. The summed E-state index contributed by atoms with van der Waals surface area (Å²) < 4.78 is 7.18. The maximum Gasteiger partial charge on any atom is 0.0635 e. The first-order valence-electron chi connectivity index (χ1n) is 21.8. The Balaban J connectivity index is 1.12. The van der Waals surface area contributed by atoms with Crippen LogP contribution >= 0.6 is 0 Å². The van der Waals surface area contributed by atoms with Crippen LogP contribution in [0.4, 0.5) is 17.1 Å². The van der Waals surface area contributed by atoms with Crippen LogP contribution in [0.1, 0.15) is 52.7 Å². The van der Waals surface area contributed by atoms with E-state index in [1.165, 1.54) is 71.3 Å². The van der Waals surface area contributed by atoms with Crippen molar-refractivity contribution in [2.45, 2.75) is 52.4 Å². The fourth-order valence-corrected chi connectivity index (χ4v) is 9.58. The van der Waals surface area contributed by atoms with Gasteiger partial charge in [0.25, 0.3) is 0 Å². The van der Waals surface area contributed by atoms with Crippen molar-refractivity contribution in [2.75, 3.05) is 4.90 Å². The Bertz CT molecular complexity index is 3460. The number of hydrogen-bond donors (Lipinski definition) is 0. The van der Waals surface area contributed by atoms with E-state index in [2.05, 4.69) is 254 Å². The zero-order valence-electron chi connectivity index (χ0n) is 36.3. The van der Waals surface area contributed by atoms with Gasteiger partial charge in [-0.3, -0.25) is 0 Å². The molecular weight excluding hydrogens is 753 g/mol. The lowest BCUT2D eigenvalue weighted by molar-refractivity contribution is 0.590. The van der Waals surface area contributed by atoms with Gasteiger partial charge in [0.05, 0.1) is 27.6 Å². The lowest BCUT2D eigenvalue weighted by Crippen LogP contribution is -2.13. The first-order valence-corrected chi connectivity index (χ1v) is 21.8. The predicted octanol–water partition coefficient (Wildman–Crippen LogP) is 15.9. The van der Waals surface area contributed by atoms with E-state index >= 15 is 0 Å². The summed E-state index contributed by atoms with van der Waals surface area (Å²) >= 11 is 0. The summed E-state index contributed by atoms with van der Waals surface area (Å²) in [7, 11) is 0. The first-order chi connectivity index (χ1) is 30.0. The minimum Gasteiger partial charge on any atom is -0.316 e. The summed E-state index contributed by atoms with van der Waals surface area (Å²) in [5, 5.41) is 6.16.